The van der Waals surface area contributed by atoms with E-state index < -0.39 is 0 Å². The Morgan fingerprint density at radius 2 is 1.60 bits per heavy atom. The van der Waals surface area contributed by atoms with Crippen molar-refractivity contribution in [2.24, 2.45) is 5.92 Å². The lowest BCUT2D eigenvalue weighted by Crippen LogP contribution is -2.48. The molecule has 0 radical (unpaired) electrons. The van der Waals surface area contributed by atoms with E-state index in [0.29, 0.717) is 12.1 Å². The molecule has 0 aromatic heterocycles. The molecule has 88 valence electrons. The molecule has 2 N–H and O–H groups in total. The van der Waals surface area contributed by atoms with Crippen LogP contribution in [0.5, 0.6) is 0 Å². The maximum absolute atomic E-state index is 9.90. The fraction of sp³-hybridized carbons (Fsp3) is 1.00. The number of aliphatic hydroxyl groups excluding tert-OH is 1. The quantitative estimate of drug-likeness (QED) is 0.751. The third-order valence-corrected chi connectivity index (χ3v) is 4.31. The molecule has 2 saturated carbocycles. The summed E-state index contributed by atoms with van der Waals surface area (Å²) in [7, 11) is 0. The third-order valence-electron chi connectivity index (χ3n) is 4.31. The molecule has 15 heavy (non-hydrogen) atoms. The van der Waals surface area contributed by atoms with Gasteiger partial charge in [0.15, 0.2) is 0 Å². The summed E-state index contributed by atoms with van der Waals surface area (Å²) >= 11 is 0. The molecule has 0 bridgehead atoms. The van der Waals surface area contributed by atoms with Crippen LogP contribution in [-0.2, 0) is 0 Å². The van der Waals surface area contributed by atoms with Gasteiger partial charge in [0.2, 0.25) is 0 Å². The second-order valence-corrected chi connectivity index (χ2v) is 5.46. The van der Waals surface area contributed by atoms with Gasteiger partial charge in [0.25, 0.3) is 0 Å². The zero-order valence-electron chi connectivity index (χ0n) is 9.91. The molecule has 0 saturated heterocycles. The predicted molar refractivity (Wildman–Crippen MR) is 62.8 cm³/mol. The Bertz CT molecular complexity index is 189. The monoisotopic (exact) mass is 211 g/mol. The molecule has 0 unspecified atom stereocenters. The van der Waals surface area contributed by atoms with E-state index >= 15 is 0 Å². The molecular weight excluding hydrogens is 186 g/mol. The van der Waals surface area contributed by atoms with Gasteiger partial charge in [-0.1, -0.05) is 25.7 Å². The minimum atomic E-state index is -0.0948. The molecular formula is C13H25NO. The molecule has 3 atom stereocenters. The summed E-state index contributed by atoms with van der Waals surface area (Å²) in [5.41, 5.74) is 0. The second kappa shape index (κ2) is 5.31. The van der Waals surface area contributed by atoms with Crippen LogP contribution < -0.4 is 5.32 Å². The van der Waals surface area contributed by atoms with Crippen LogP contribution in [0.25, 0.3) is 0 Å². The molecule has 0 heterocycles. The van der Waals surface area contributed by atoms with Crippen molar-refractivity contribution >= 4 is 0 Å². The zero-order chi connectivity index (χ0) is 10.7. The number of hydrogen-bond donors (Lipinski definition) is 2. The smallest absolute Gasteiger partial charge is 0.0693 e. The van der Waals surface area contributed by atoms with Crippen LogP contribution in [0.2, 0.25) is 0 Å². The van der Waals surface area contributed by atoms with E-state index in [4.69, 9.17) is 0 Å². The molecule has 0 aromatic rings. The van der Waals surface area contributed by atoms with Crippen molar-refractivity contribution in [3.8, 4) is 0 Å². The van der Waals surface area contributed by atoms with Gasteiger partial charge in [-0.2, -0.15) is 0 Å². The molecule has 2 fully saturated rings. The lowest BCUT2D eigenvalue weighted by Gasteiger charge is -2.33. The van der Waals surface area contributed by atoms with Crippen molar-refractivity contribution < 1.29 is 5.11 Å². The summed E-state index contributed by atoms with van der Waals surface area (Å²) < 4.78 is 0. The maximum atomic E-state index is 9.90. The molecule has 0 aromatic carbocycles. The van der Waals surface area contributed by atoms with Crippen molar-refractivity contribution in [3.63, 3.8) is 0 Å². The van der Waals surface area contributed by atoms with Gasteiger partial charge in [-0.15, -0.1) is 0 Å². The highest BCUT2D eigenvalue weighted by molar-refractivity contribution is 4.86. The Kier molecular flexibility index (Phi) is 4.04. The van der Waals surface area contributed by atoms with Crippen molar-refractivity contribution in [3.05, 3.63) is 0 Å². The van der Waals surface area contributed by atoms with E-state index in [9.17, 15) is 5.11 Å². The van der Waals surface area contributed by atoms with Crippen LogP contribution in [0.15, 0.2) is 0 Å². The van der Waals surface area contributed by atoms with Gasteiger partial charge in [0, 0.05) is 12.1 Å². The van der Waals surface area contributed by atoms with Gasteiger partial charge in [-0.3, -0.25) is 0 Å². The SMILES string of the molecule is C[C@H](N[C@@H]1CCCC[C@H]1O)C1CCCC1. The Hall–Kier alpha value is -0.0800. The fourth-order valence-electron chi connectivity index (χ4n) is 3.24. The van der Waals surface area contributed by atoms with Crippen LogP contribution in [0, 0.1) is 5.92 Å². The molecule has 2 aliphatic carbocycles. The third kappa shape index (κ3) is 2.94. The average molecular weight is 211 g/mol. The molecule has 2 nitrogen and oxygen atoms in total. The van der Waals surface area contributed by atoms with Gasteiger partial charge in [-0.05, 0) is 38.5 Å². The highest BCUT2D eigenvalue weighted by atomic mass is 16.3. The average Bonchev–Trinajstić information content (AvgIpc) is 2.74. The van der Waals surface area contributed by atoms with Crippen LogP contribution >= 0.6 is 0 Å². The standard InChI is InChI=1S/C13H25NO/c1-10(11-6-2-3-7-11)14-12-8-4-5-9-13(12)15/h10-15H,2-9H2,1H3/t10-,12+,13+/m0/s1. The van der Waals surface area contributed by atoms with Crippen molar-refractivity contribution in [2.75, 3.05) is 0 Å². The number of rotatable bonds is 3. The Labute approximate surface area is 93.5 Å². The Balaban J connectivity index is 1.78. The molecule has 2 aliphatic rings. The first-order chi connectivity index (χ1) is 7.27. The molecule has 0 aliphatic heterocycles. The summed E-state index contributed by atoms with van der Waals surface area (Å²) in [6.07, 6.45) is 10.1. The van der Waals surface area contributed by atoms with Gasteiger partial charge in [0.05, 0.1) is 6.10 Å². The maximum Gasteiger partial charge on any atom is 0.0693 e. The summed E-state index contributed by atoms with van der Waals surface area (Å²) in [6.45, 7) is 2.30. The number of aliphatic hydroxyl groups is 1. The summed E-state index contributed by atoms with van der Waals surface area (Å²) in [6, 6.07) is 0.972. The predicted octanol–water partition coefficient (Wildman–Crippen LogP) is 2.46. The molecule has 2 heteroatoms. The van der Waals surface area contributed by atoms with E-state index in [2.05, 4.69) is 12.2 Å². The normalized spacial score (nSPS) is 35.6. The van der Waals surface area contributed by atoms with E-state index in [-0.39, 0.29) is 6.10 Å². The van der Waals surface area contributed by atoms with Crippen LogP contribution in [0.3, 0.4) is 0 Å². The first-order valence-corrected chi connectivity index (χ1v) is 6.71. The van der Waals surface area contributed by atoms with E-state index in [1.54, 1.807) is 0 Å². The van der Waals surface area contributed by atoms with E-state index in [1.807, 2.05) is 0 Å². The number of nitrogens with one attached hydrogen (secondary N) is 1. The van der Waals surface area contributed by atoms with Gasteiger partial charge in [-0.25, -0.2) is 0 Å². The van der Waals surface area contributed by atoms with Gasteiger partial charge < -0.3 is 10.4 Å². The van der Waals surface area contributed by atoms with Gasteiger partial charge >= 0.3 is 0 Å². The van der Waals surface area contributed by atoms with Crippen LogP contribution in [-0.4, -0.2) is 23.3 Å². The lowest BCUT2D eigenvalue weighted by atomic mass is 9.90. The summed E-state index contributed by atoms with van der Waals surface area (Å²) in [5.74, 6) is 0.860. The highest BCUT2D eigenvalue weighted by Gasteiger charge is 2.28. The Morgan fingerprint density at radius 1 is 1.00 bits per heavy atom. The van der Waals surface area contributed by atoms with E-state index in [0.717, 1.165) is 18.8 Å². The van der Waals surface area contributed by atoms with Gasteiger partial charge in [0.1, 0.15) is 0 Å². The summed E-state index contributed by atoms with van der Waals surface area (Å²) in [5, 5.41) is 13.6. The lowest BCUT2D eigenvalue weighted by molar-refractivity contribution is 0.0814. The summed E-state index contributed by atoms with van der Waals surface area (Å²) in [4.78, 5) is 0. The second-order valence-electron chi connectivity index (χ2n) is 5.46. The Morgan fingerprint density at radius 3 is 2.27 bits per heavy atom. The first-order valence-electron chi connectivity index (χ1n) is 6.71. The molecule has 0 spiro atoms. The largest absolute Gasteiger partial charge is 0.392 e. The first kappa shape index (κ1) is 11.4. The highest BCUT2D eigenvalue weighted by Crippen LogP contribution is 2.28. The van der Waals surface area contributed by atoms with E-state index in [1.165, 1.54) is 38.5 Å². The zero-order valence-corrected chi connectivity index (χ0v) is 9.91. The minimum absolute atomic E-state index is 0.0948. The van der Waals surface area contributed by atoms with Crippen LogP contribution in [0.1, 0.15) is 58.3 Å². The van der Waals surface area contributed by atoms with Crippen molar-refractivity contribution in [1.82, 2.24) is 5.32 Å². The van der Waals surface area contributed by atoms with Crippen molar-refractivity contribution in [2.45, 2.75) is 76.5 Å². The molecule has 0 amide bonds. The molecule has 2 rings (SSSR count). The fourth-order valence-corrected chi connectivity index (χ4v) is 3.24. The van der Waals surface area contributed by atoms with Crippen LogP contribution in [0.4, 0.5) is 0 Å². The topological polar surface area (TPSA) is 32.3 Å². The van der Waals surface area contributed by atoms with Crippen molar-refractivity contribution in [1.29, 1.82) is 0 Å². The minimum Gasteiger partial charge on any atom is -0.392 e. The number of hydrogen-bond acceptors (Lipinski definition) is 2.